The fraction of sp³-hybridized carbons (Fsp3) is 0.429. The van der Waals surface area contributed by atoms with E-state index in [9.17, 15) is 13.2 Å². The highest BCUT2D eigenvalue weighted by molar-refractivity contribution is 9.10. The molecular weight excluding hydrogens is 263 g/mol. The van der Waals surface area contributed by atoms with Crippen molar-refractivity contribution in [1.82, 2.24) is 9.97 Å². The summed E-state index contributed by atoms with van der Waals surface area (Å²) in [5.74, 6) is 0.186. The van der Waals surface area contributed by atoms with Crippen molar-refractivity contribution in [3.8, 4) is 0 Å². The van der Waals surface area contributed by atoms with E-state index < -0.39 is 12.7 Å². The first-order chi connectivity index (χ1) is 6.38. The number of anilines is 1. The summed E-state index contributed by atoms with van der Waals surface area (Å²) in [6, 6.07) is 0. The minimum absolute atomic E-state index is 0.186. The van der Waals surface area contributed by atoms with Gasteiger partial charge < -0.3 is 4.90 Å². The lowest BCUT2D eigenvalue weighted by molar-refractivity contribution is -0.119. The van der Waals surface area contributed by atoms with E-state index in [1.165, 1.54) is 19.4 Å². The van der Waals surface area contributed by atoms with E-state index in [0.29, 0.717) is 4.60 Å². The van der Waals surface area contributed by atoms with Crippen molar-refractivity contribution in [2.75, 3.05) is 18.5 Å². The summed E-state index contributed by atoms with van der Waals surface area (Å²) in [4.78, 5) is 8.54. The molecule has 78 valence electrons. The predicted octanol–water partition coefficient (Wildman–Crippen LogP) is 2.24. The van der Waals surface area contributed by atoms with Crippen LogP contribution in [-0.4, -0.2) is 29.7 Å². The van der Waals surface area contributed by atoms with Crippen LogP contribution in [0.2, 0.25) is 0 Å². The standard InChI is InChI=1S/C7H7BrF3N3/c1-14(4-7(9,10)11)6-3-12-5(8)2-13-6/h2-3H,4H2,1H3. The Labute approximate surface area is 87.1 Å². The molecule has 0 unspecified atom stereocenters. The molecule has 0 radical (unpaired) electrons. The van der Waals surface area contributed by atoms with Crippen LogP contribution in [0.15, 0.2) is 17.0 Å². The monoisotopic (exact) mass is 269 g/mol. The van der Waals surface area contributed by atoms with Crippen molar-refractivity contribution < 1.29 is 13.2 Å². The van der Waals surface area contributed by atoms with Gasteiger partial charge in [-0.2, -0.15) is 13.2 Å². The van der Waals surface area contributed by atoms with Crippen LogP contribution >= 0.6 is 15.9 Å². The quantitative estimate of drug-likeness (QED) is 0.825. The molecule has 0 saturated heterocycles. The summed E-state index contributed by atoms with van der Waals surface area (Å²) in [6.45, 7) is -1.04. The fourth-order valence-electron chi connectivity index (χ4n) is 0.853. The van der Waals surface area contributed by atoms with Gasteiger partial charge in [-0.05, 0) is 15.9 Å². The number of alkyl halides is 3. The molecule has 1 heterocycles. The molecular formula is C7H7BrF3N3. The fourth-order valence-corrected chi connectivity index (χ4v) is 1.06. The zero-order chi connectivity index (χ0) is 10.8. The highest BCUT2D eigenvalue weighted by atomic mass is 79.9. The molecule has 1 aromatic heterocycles. The molecule has 0 aliphatic heterocycles. The number of hydrogen-bond acceptors (Lipinski definition) is 3. The smallest absolute Gasteiger partial charge is 0.349 e. The normalized spacial score (nSPS) is 11.5. The van der Waals surface area contributed by atoms with Gasteiger partial charge in [0, 0.05) is 7.05 Å². The van der Waals surface area contributed by atoms with Crippen LogP contribution in [-0.2, 0) is 0 Å². The summed E-state index contributed by atoms with van der Waals surface area (Å²) in [5, 5.41) is 0. The molecule has 7 heteroatoms. The van der Waals surface area contributed by atoms with Gasteiger partial charge in [-0.25, -0.2) is 9.97 Å². The second kappa shape index (κ2) is 4.12. The topological polar surface area (TPSA) is 29.0 Å². The van der Waals surface area contributed by atoms with Crippen LogP contribution in [0.4, 0.5) is 19.0 Å². The first-order valence-corrected chi connectivity index (χ1v) is 4.43. The maximum atomic E-state index is 12.0. The third kappa shape index (κ3) is 3.49. The molecule has 0 amide bonds. The van der Waals surface area contributed by atoms with Crippen LogP contribution in [0.5, 0.6) is 0 Å². The van der Waals surface area contributed by atoms with Gasteiger partial charge in [0.15, 0.2) is 0 Å². The third-order valence-electron chi connectivity index (χ3n) is 1.41. The van der Waals surface area contributed by atoms with Crippen molar-refractivity contribution in [3.05, 3.63) is 17.0 Å². The van der Waals surface area contributed by atoms with Gasteiger partial charge in [0.2, 0.25) is 0 Å². The van der Waals surface area contributed by atoms with Crippen molar-refractivity contribution >= 4 is 21.7 Å². The molecule has 0 atom stereocenters. The number of hydrogen-bond donors (Lipinski definition) is 0. The van der Waals surface area contributed by atoms with Crippen molar-refractivity contribution in [2.45, 2.75) is 6.18 Å². The van der Waals surface area contributed by atoms with Gasteiger partial charge in [-0.1, -0.05) is 0 Å². The highest BCUT2D eigenvalue weighted by Crippen LogP contribution is 2.19. The van der Waals surface area contributed by atoms with Crippen molar-refractivity contribution in [2.24, 2.45) is 0 Å². The first-order valence-electron chi connectivity index (χ1n) is 3.64. The van der Waals surface area contributed by atoms with Crippen molar-refractivity contribution in [1.29, 1.82) is 0 Å². The Balaban J connectivity index is 2.70. The number of halogens is 4. The summed E-state index contributed by atoms with van der Waals surface area (Å²) >= 11 is 3.04. The van der Waals surface area contributed by atoms with Crippen molar-refractivity contribution in [3.63, 3.8) is 0 Å². The van der Waals surface area contributed by atoms with E-state index >= 15 is 0 Å². The zero-order valence-electron chi connectivity index (χ0n) is 7.22. The lowest BCUT2D eigenvalue weighted by Gasteiger charge is -2.18. The van der Waals surface area contributed by atoms with Crippen LogP contribution in [0, 0.1) is 0 Å². The van der Waals surface area contributed by atoms with Crippen LogP contribution in [0.3, 0.4) is 0 Å². The molecule has 0 bridgehead atoms. The van der Waals surface area contributed by atoms with Gasteiger partial charge in [0.05, 0.1) is 12.4 Å². The van der Waals surface area contributed by atoms with E-state index in [2.05, 4.69) is 25.9 Å². The lowest BCUT2D eigenvalue weighted by atomic mass is 10.5. The number of nitrogens with zero attached hydrogens (tertiary/aromatic N) is 3. The number of aromatic nitrogens is 2. The van der Waals surface area contributed by atoms with Gasteiger partial charge in [0.1, 0.15) is 17.0 Å². The highest BCUT2D eigenvalue weighted by Gasteiger charge is 2.29. The van der Waals surface area contributed by atoms with Gasteiger partial charge in [-0.3, -0.25) is 0 Å². The van der Waals surface area contributed by atoms with E-state index in [-0.39, 0.29) is 5.82 Å². The molecule has 0 N–H and O–H groups in total. The molecule has 1 aromatic rings. The Bertz CT molecular complexity index is 298. The molecule has 0 fully saturated rings. The lowest BCUT2D eigenvalue weighted by Crippen LogP contribution is -2.31. The molecule has 0 saturated carbocycles. The van der Waals surface area contributed by atoms with Gasteiger partial charge >= 0.3 is 6.18 Å². The maximum absolute atomic E-state index is 12.0. The minimum atomic E-state index is -4.23. The molecule has 3 nitrogen and oxygen atoms in total. The second-order valence-electron chi connectivity index (χ2n) is 2.67. The summed E-state index contributed by atoms with van der Waals surface area (Å²) < 4.78 is 36.4. The average Bonchev–Trinajstić information content (AvgIpc) is 2.02. The Hall–Kier alpha value is -0.850. The summed E-state index contributed by atoms with van der Waals surface area (Å²) in [7, 11) is 1.31. The average molecular weight is 270 g/mol. The van der Waals surface area contributed by atoms with E-state index in [4.69, 9.17) is 0 Å². The molecule has 0 spiro atoms. The van der Waals surface area contributed by atoms with Crippen LogP contribution in [0.25, 0.3) is 0 Å². The molecule has 0 aliphatic carbocycles. The molecule has 0 aliphatic rings. The molecule has 0 aromatic carbocycles. The molecule has 14 heavy (non-hydrogen) atoms. The van der Waals surface area contributed by atoms with Crippen LogP contribution < -0.4 is 4.90 Å². The summed E-state index contributed by atoms with van der Waals surface area (Å²) in [5.41, 5.74) is 0. The second-order valence-corrected chi connectivity index (χ2v) is 3.48. The minimum Gasteiger partial charge on any atom is -0.349 e. The Morgan fingerprint density at radius 1 is 1.36 bits per heavy atom. The Morgan fingerprint density at radius 2 is 2.00 bits per heavy atom. The van der Waals surface area contributed by atoms with Gasteiger partial charge in [0.25, 0.3) is 0 Å². The molecule has 1 rings (SSSR count). The van der Waals surface area contributed by atoms with E-state index in [1.807, 2.05) is 0 Å². The first kappa shape index (κ1) is 11.2. The predicted molar refractivity (Wildman–Crippen MR) is 49.1 cm³/mol. The zero-order valence-corrected chi connectivity index (χ0v) is 8.80. The van der Waals surface area contributed by atoms with Crippen LogP contribution in [0.1, 0.15) is 0 Å². The number of rotatable bonds is 2. The largest absolute Gasteiger partial charge is 0.405 e. The van der Waals surface area contributed by atoms with Gasteiger partial charge in [-0.15, -0.1) is 0 Å². The summed E-state index contributed by atoms with van der Waals surface area (Å²) in [6.07, 6.45) is -1.61. The third-order valence-corrected chi connectivity index (χ3v) is 1.82. The Kier molecular flexibility index (Phi) is 3.30. The van der Waals surface area contributed by atoms with E-state index in [0.717, 1.165) is 4.90 Å². The Morgan fingerprint density at radius 3 is 2.43 bits per heavy atom. The SMILES string of the molecule is CN(CC(F)(F)F)c1cnc(Br)cn1. The maximum Gasteiger partial charge on any atom is 0.405 e. The van der Waals surface area contributed by atoms with E-state index in [1.54, 1.807) is 0 Å².